The summed E-state index contributed by atoms with van der Waals surface area (Å²) >= 11 is 0. The van der Waals surface area contributed by atoms with E-state index in [2.05, 4.69) is 0 Å². The Morgan fingerprint density at radius 1 is 1.33 bits per heavy atom. The van der Waals surface area contributed by atoms with E-state index in [9.17, 15) is 20.0 Å². The Balaban J connectivity index is 1.64. The van der Waals surface area contributed by atoms with Gasteiger partial charge in [0.15, 0.2) is 0 Å². The summed E-state index contributed by atoms with van der Waals surface area (Å²) in [6.07, 6.45) is 2.82. The molecule has 0 aliphatic heterocycles. The molecule has 0 radical (unpaired) electrons. The van der Waals surface area contributed by atoms with Crippen molar-refractivity contribution in [3.63, 3.8) is 0 Å². The summed E-state index contributed by atoms with van der Waals surface area (Å²) in [7, 11) is 0. The molecule has 0 bridgehead atoms. The van der Waals surface area contributed by atoms with Gasteiger partial charge in [0.25, 0.3) is 5.09 Å². The van der Waals surface area contributed by atoms with E-state index in [4.69, 9.17) is 9.57 Å². The van der Waals surface area contributed by atoms with Crippen molar-refractivity contribution in [2.75, 3.05) is 0 Å². The number of carbonyl (C=O) groups is 1. The van der Waals surface area contributed by atoms with Gasteiger partial charge in [0.2, 0.25) is 0 Å². The lowest BCUT2D eigenvalue weighted by molar-refractivity contribution is -0.772. The average molecular weight is 375 g/mol. The summed E-state index contributed by atoms with van der Waals surface area (Å²) in [5.41, 5.74) is 1.87. The molecule has 7 nitrogen and oxygen atoms in total. The van der Waals surface area contributed by atoms with E-state index in [1.807, 2.05) is 19.1 Å². The molecule has 4 rings (SSSR count). The van der Waals surface area contributed by atoms with Crippen LogP contribution in [0.15, 0.2) is 18.2 Å². The van der Waals surface area contributed by atoms with Crippen molar-refractivity contribution in [3.8, 4) is 5.75 Å². The molecule has 0 unspecified atom stereocenters. The number of ether oxygens (including phenoxy) is 1. The fraction of sp³-hybridized carbons (Fsp3) is 0.650. The van der Waals surface area contributed by atoms with Gasteiger partial charge in [-0.15, -0.1) is 10.1 Å². The monoisotopic (exact) mass is 375 g/mol. The molecule has 1 aromatic rings. The van der Waals surface area contributed by atoms with Crippen LogP contribution in [0.25, 0.3) is 0 Å². The largest absolute Gasteiger partial charge is 0.427 e. The average Bonchev–Trinajstić information content (AvgIpc) is 2.89. The summed E-state index contributed by atoms with van der Waals surface area (Å²) in [6, 6.07) is 5.66. The number of benzene rings is 1. The SMILES string of the molecule is CC(=O)Oc1ccc2c(c1)CC[C@@H]1[C@@H]2[C@H](O)C[C@]2(C)[C@@H](O[N+](=O)[O-])CC[C@@H]12. The fourth-order valence-corrected chi connectivity index (χ4v) is 6.10. The van der Waals surface area contributed by atoms with Gasteiger partial charge in [-0.25, -0.2) is 0 Å². The standard InChI is InChI=1S/C20H25NO6/c1-11(22)26-13-4-6-14-12(9-13)3-5-15-16-7-8-18(27-21(24)25)20(16,2)10-17(23)19(14)15/h4,6,9,15-19,23H,3,5,7-8,10H2,1-2H3/t15-,16-,17+,18-,19+,20-/m0/s1. The highest BCUT2D eigenvalue weighted by molar-refractivity contribution is 5.69. The third kappa shape index (κ3) is 2.98. The Morgan fingerprint density at radius 3 is 2.81 bits per heavy atom. The molecule has 3 aliphatic rings. The van der Waals surface area contributed by atoms with E-state index < -0.39 is 17.3 Å². The molecule has 1 N–H and O–H groups in total. The predicted molar refractivity (Wildman–Crippen MR) is 95.6 cm³/mol. The van der Waals surface area contributed by atoms with Gasteiger partial charge in [-0.1, -0.05) is 13.0 Å². The van der Waals surface area contributed by atoms with Gasteiger partial charge in [-0.2, -0.15) is 0 Å². The van der Waals surface area contributed by atoms with Gasteiger partial charge in [0, 0.05) is 12.8 Å². The molecule has 7 heteroatoms. The summed E-state index contributed by atoms with van der Waals surface area (Å²) in [4.78, 5) is 27.1. The molecule has 2 fully saturated rings. The van der Waals surface area contributed by atoms with Gasteiger partial charge >= 0.3 is 5.97 Å². The normalized spacial score (nSPS) is 36.9. The summed E-state index contributed by atoms with van der Waals surface area (Å²) in [5, 5.41) is 21.2. The van der Waals surface area contributed by atoms with Crippen LogP contribution in [0.2, 0.25) is 0 Å². The maximum absolute atomic E-state index is 11.2. The minimum atomic E-state index is -0.691. The van der Waals surface area contributed by atoms with Crippen LogP contribution in [-0.4, -0.2) is 28.4 Å². The molecule has 27 heavy (non-hydrogen) atoms. The van der Waals surface area contributed by atoms with Crippen molar-refractivity contribution < 1.29 is 24.6 Å². The molecular formula is C20H25NO6. The van der Waals surface area contributed by atoms with Crippen LogP contribution in [0.1, 0.15) is 56.6 Å². The van der Waals surface area contributed by atoms with Crippen molar-refractivity contribution in [2.45, 2.75) is 64.1 Å². The van der Waals surface area contributed by atoms with E-state index in [1.165, 1.54) is 6.92 Å². The molecule has 0 amide bonds. The lowest BCUT2D eigenvalue weighted by Gasteiger charge is -2.52. The highest BCUT2D eigenvalue weighted by Gasteiger charge is 2.58. The van der Waals surface area contributed by atoms with Crippen LogP contribution < -0.4 is 4.74 Å². The van der Waals surface area contributed by atoms with Crippen molar-refractivity contribution in [2.24, 2.45) is 17.3 Å². The second-order valence-corrected chi connectivity index (χ2v) is 8.46. The Hall–Kier alpha value is -2.15. The number of rotatable bonds is 3. The van der Waals surface area contributed by atoms with E-state index in [1.54, 1.807) is 6.07 Å². The summed E-state index contributed by atoms with van der Waals surface area (Å²) < 4.78 is 5.20. The van der Waals surface area contributed by atoms with Gasteiger partial charge in [0.1, 0.15) is 11.9 Å². The second-order valence-electron chi connectivity index (χ2n) is 8.46. The van der Waals surface area contributed by atoms with Crippen LogP contribution in [0.5, 0.6) is 5.75 Å². The molecule has 0 aromatic heterocycles. The predicted octanol–water partition coefficient (Wildman–Crippen LogP) is 3.02. The second kappa shape index (κ2) is 6.48. The molecule has 0 heterocycles. The minimum Gasteiger partial charge on any atom is -0.427 e. The molecule has 6 atom stereocenters. The number of nitrogens with zero attached hydrogens (tertiary/aromatic N) is 1. The molecule has 146 valence electrons. The van der Waals surface area contributed by atoms with Crippen molar-refractivity contribution in [3.05, 3.63) is 39.4 Å². The summed E-state index contributed by atoms with van der Waals surface area (Å²) in [5.74, 6) is 0.797. The highest BCUT2D eigenvalue weighted by Crippen LogP contribution is 2.61. The maximum atomic E-state index is 11.2. The van der Waals surface area contributed by atoms with Crippen molar-refractivity contribution >= 4 is 5.97 Å². The van der Waals surface area contributed by atoms with Gasteiger partial charge in [-0.3, -0.25) is 4.79 Å². The fourth-order valence-electron chi connectivity index (χ4n) is 6.10. The molecule has 3 aliphatic carbocycles. The third-order valence-electron chi connectivity index (χ3n) is 7.06. The van der Waals surface area contributed by atoms with Crippen LogP contribution in [0.4, 0.5) is 0 Å². The van der Waals surface area contributed by atoms with Crippen LogP contribution >= 0.6 is 0 Å². The van der Waals surface area contributed by atoms with E-state index in [0.29, 0.717) is 24.5 Å². The third-order valence-corrected chi connectivity index (χ3v) is 7.06. The number of fused-ring (bicyclic) bond motifs is 5. The zero-order chi connectivity index (χ0) is 19.3. The Labute approximate surface area is 157 Å². The number of aryl methyl sites for hydroxylation is 1. The van der Waals surface area contributed by atoms with E-state index in [-0.39, 0.29) is 23.2 Å². The first kappa shape index (κ1) is 18.2. The molecule has 0 spiro atoms. The van der Waals surface area contributed by atoms with Crippen LogP contribution in [0, 0.1) is 27.4 Å². The van der Waals surface area contributed by atoms with E-state index in [0.717, 1.165) is 30.4 Å². The first-order valence-electron chi connectivity index (χ1n) is 9.60. The highest BCUT2D eigenvalue weighted by atomic mass is 17.0. The first-order chi connectivity index (χ1) is 12.8. The topological polar surface area (TPSA) is 98.9 Å². The van der Waals surface area contributed by atoms with Gasteiger partial charge < -0.3 is 14.7 Å². The Morgan fingerprint density at radius 2 is 2.11 bits per heavy atom. The number of hydrogen-bond donors (Lipinski definition) is 1. The number of hydrogen-bond acceptors (Lipinski definition) is 6. The smallest absolute Gasteiger partial charge is 0.308 e. The zero-order valence-corrected chi connectivity index (χ0v) is 15.6. The Kier molecular flexibility index (Phi) is 4.37. The van der Waals surface area contributed by atoms with Crippen LogP contribution in [0.3, 0.4) is 0 Å². The minimum absolute atomic E-state index is 0.0209. The van der Waals surface area contributed by atoms with Crippen LogP contribution in [-0.2, 0) is 16.1 Å². The molecule has 2 saturated carbocycles. The van der Waals surface area contributed by atoms with Gasteiger partial charge in [-0.05, 0) is 72.6 Å². The molecule has 0 saturated heterocycles. The quantitative estimate of drug-likeness (QED) is 0.377. The summed E-state index contributed by atoms with van der Waals surface area (Å²) in [6.45, 7) is 3.42. The first-order valence-corrected chi connectivity index (χ1v) is 9.60. The lowest BCUT2D eigenvalue weighted by atomic mass is 9.54. The number of carbonyl (C=O) groups excluding carboxylic acids is 1. The lowest BCUT2D eigenvalue weighted by Crippen LogP contribution is -2.50. The number of aliphatic hydroxyl groups excluding tert-OH is 1. The van der Waals surface area contributed by atoms with E-state index >= 15 is 0 Å². The van der Waals surface area contributed by atoms with Gasteiger partial charge in [0.05, 0.1) is 6.10 Å². The molecule has 1 aromatic carbocycles. The van der Waals surface area contributed by atoms with Crippen molar-refractivity contribution in [1.29, 1.82) is 0 Å². The van der Waals surface area contributed by atoms with Crippen molar-refractivity contribution in [1.82, 2.24) is 0 Å². The maximum Gasteiger partial charge on any atom is 0.308 e. The Bertz CT molecular complexity index is 780. The number of aliphatic hydroxyl groups is 1. The zero-order valence-electron chi connectivity index (χ0n) is 15.6. The number of esters is 1. The molecular weight excluding hydrogens is 350 g/mol.